The summed E-state index contributed by atoms with van der Waals surface area (Å²) in [5, 5.41) is 5.26. The standard InChI is InChI=1S/C18H31N3O2/c1-14(18(22)20-12-15-8-5-4-6-9-15)19-13-16(21(2)3)17-10-7-11-23-17/h7,10-11,14-16,19H,4-6,8-9,12-13H2,1-3H3,(H,20,22)/p+2/t14-,16+/m0/s1. The maximum Gasteiger partial charge on any atom is 0.277 e. The molecule has 2 rings (SSSR count). The van der Waals surface area contributed by atoms with Crippen LogP contribution < -0.4 is 15.5 Å². The van der Waals surface area contributed by atoms with Crippen molar-refractivity contribution in [3.8, 4) is 0 Å². The number of quaternary nitrogens is 2. The van der Waals surface area contributed by atoms with Crippen molar-refractivity contribution >= 4 is 5.91 Å². The molecule has 0 saturated heterocycles. The van der Waals surface area contributed by atoms with E-state index in [1.165, 1.54) is 37.0 Å². The largest absolute Gasteiger partial charge is 0.463 e. The van der Waals surface area contributed by atoms with Crippen LogP contribution in [0, 0.1) is 5.92 Å². The van der Waals surface area contributed by atoms with Gasteiger partial charge in [-0.15, -0.1) is 0 Å². The van der Waals surface area contributed by atoms with E-state index in [9.17, 15) is 4.79 Å². The molecule has 0 spiro atoms. The van der Waals surface area contributed by atoms with E-state index in [1.54, 1.807) is 6.26 Å². The van der Waals surface area contributed by atoms with E-state index in [0.29, 0.717) is 5.92 Å². The van der Waals surface area contributed by atoms with Crippen molar-refractivity contribution in [2.75, 3.05) is 27.2 Å². The summed E-state index contributed by atoms with van der Waals surface area (Å²) in [4.78, 5) is 13.6. The third-order valence-corrected chi connectivity index (χ3v) is 5.01. The van der Waals surface area contributed by atoms with Crippen LogP contribution in [0.2, 0.25) is 0 Å². The van der Waals surface area contributed by atoms with Gasteiger partial charge in [-0.2, -0.15) is 0 Å². The van der Waals surface area contributed by atoms with Crippen molar-refractivity contribution < 1.29 is 19.4 Å². The van der Waals surface area contributed by atoms with E-state index in [4.69, 9.17) is 4.42 Å². The van der Waals surface area contributed by atoms with Gasteiger partial charge in [0.05, 0.1) is 20.4 Å². The van der Waals surface area contributed by atoms with Gasteiger partial charge in [0.25, 0.3) is 5.91 Å². The number of hydrogen-bond acceptors (Lipinski definition) is 2. The van der Waals surface area contributed by atoms with Gasteiger partial charge in [-0.1, -0.05) is 19.3 Å². The van der Waals surface area contributed by atoms with Gasteiger partial charge in [-0.05, 0) is 37.8 Å². The monoisotopic (exact) mass is 323 g/mol. The highest BCUT2D eigenvalue weighted by atomic mass is 16.3. The second-order valence-corrected chi connectivity index (χ2v) is 7.15. The number of amides is 1. The first kappa shape index (κ1) is 18.0. The van der Waals surface area contributed by atoms with Gasteiger partial charge in [-0.25, -0.2) is 0 Å². The second kappa shape index (κ2) is 9.08. The van der Waals surface area contributed by atoms with Crippen molar-refractivity contribution in [3.63, 3.8) is 0 Å². The van der Waals surface area contributed by atoms with E-state index >= 15 is 0 Å². The molecule has 1 aromatic rings. The highest BCUT2D eigenvalue weighted by molar-refractivity contribution is 5.79. The minimum atomic E-state index is -0.0598. The van der Waals surface area contributed by atoms with Gasteiger partial charge in [0.1, 0.15) is 6.54 Å². The lowest BCUT2D eigenvalue weighted by Crippen LogP contribution is -3.10. The first-order valence-corrected chi connectivity index (χ1v) is 9.02. The smallest absolute Gasteiger partial charge is 0.277 e. The third-order valence-electron chi connectivity index (χ3n) is 5.01. The molecule has 0 aliphatic heterocycles. The fraction of sp³-hybridized carbons (Fsp3) is 0.722. The number of carbonyl (C=O) groups excluding carboxylic acids is 1. The molecular weight excluding hydrogens is 290 g/mol. The number of nitrogens with two attached hydrogens (primary N) is 1. The third kappa shape index (κ3) is 5.66. The fourth-order valence-corrected chi connectivity index (χ4v) is 3.37. The van der Waals surface area contributed by atoms with Crippen LogP contribution in [0.3, 0.4) is 0 Å². The molecule has 1 aliphatic rings. The molecule has 5 heteroatoms. The fourth-order valence-electron chi connectivity index (χ4n) is 3.37. The number of rotatable bonds is 8. The van der Waals surface area contributed by atoms with Crippen LogP contribution in [0.15, 0.2) is 22.8 Å². The van der Waals surface area contributed by atoms with Crippen molar-refractivity contribution in [1.82, 2.24) is 5.32 Å². The van der Waals surface area contributed by atoms with E-state index in [1.807, 2.05) is 19.1 Å². The number of furan rings is 1. The van der Waals surface area contributed by atoms with Crippen molar-refractivity contribution in [2.45, 2.75) is 51.1 Å². The molecule has 5 nitrogen and oxygen atoms in total. The molecule has 0 aromatic carbocycles. The Bertz CT molecular complexity index is 453. The highest BCUT2D eigenvalue weighted by Gasteiger charge is 2.26. The van der Waals surface area contributed by atoms with Gasteiger partial charge < -0.3 is 20.0 Å². The lowest BCUT2D eigenvalue weighted by atomic mass is 9.89. The molecule has 1 aromatic heterocycles. The normalized spacial score (nSPS) is 18.8. The molecule has 130 valence electrons. The van der Waals surface area contributed by atoms with Crippen LogP contribution in [0.5, 0.6) is 0 Å². The molecule has 4 N–H and O–H groups in total. The molecule has 0 radical (unpaired) electrons. The molecule has 23 heavy (non-hydrogen) atoms. The summed E-state index contributed by atoms with van der Waals surface area (Å²) in [5.74, 6) is 1.82. The summed E-state index contributed by atoms with van der Waals surface area (Å²) in [6, 6.07) is 4.14. The Morgan fingerprint density at radius 2 is 2.13 bits per heavy atom. The number of hydrogen-bond donors (Lipinski definition) is 3. The maximum atomic E-state index is 12.3. The topological polar surface area (TPSA) is 63.3 Å². The molecular formula is C18H33N3O2+2. The summed E-state index contributed by atoms with van der Waals surface area (Å²) in [5.41, 5.74) is 0. The number of carbonyl (C=O) groups is 1. The lowest BCUT2D eigenvalue weighted by molar-refractivity contribution is -0.911. The quantitative estimate of drug-likeness (QED) is 0.636. The van der Waals surface area contributed by atoms with Crippen LogP contribution in [0.25, 0.3) is 0 Å². The van der Waals surface area contributed by atoms with Crippen molar-refractivity contribution in [3.05, 3.63) is 24.2 Å². The van der Waals surface area contributed by atoms with Crippen molar-refractivity contribution in [1.29, 1.82) is 0 Å². The van der Waals surface area contributed by atoms with Crippen LogP contribution >= 0.6 is 0 Å². The zero-order valence-corrected chi connectivity index (χ0v) is 14.8. The number of nitrogens with one attached hydrogen (secondary N) is 2. The number of likely N-dealkylation sites (N-methyl/N-ethyl adjacent to an activating group) is 1. The summed E-state index contributed by atoms with van der Waals surface area (Å²) < 4.78 is 5.54. The summed E-state index contributed by atoms with van der Waals surface area (Å²) in [6.45, 7) is 3.67. The Morgan fingerprint density at radius 3 is 2.74 bits per heavy atom. The predicted octanol–water partition coefficient (Wildman–Crippen LogP) is 0.114. The van der Waals surface area contributed by atoms with Gasteiger partial charge >= 0.3 is 0 Å². The SMILES string of the molecule is C[C@H]([NH2+]C[C@H](c1ccco1)[NH+](C)C)C(=O)NCC1CCCCC1. The average Bonchev–Trinajstić information content (AvgIpc) is 3.07. The molecule has 1 saturated carbocycles. The Balaban J connectivity index is 1.74. The lowest BCUT2D eigenvalue weighted by Gasteiger charge is -2.23. The minimum absolute atomic E-state index is 0.0598. The Hall–Kier alpha value is -1.33. The van der Waals surface area contributed by atoms with E-state index in [-0.39, 0.29) is 18.0 Å². The van der Waals surface area contributed by atoms with Crippen LogP contribution in [0.1, 0.15) is 50.8 Å². The molecule has 0 unspecified atom stereocenters. The Labute approximate surface area is 139 Å². The zero-order chi connectivity index (χ0) is 16.7. The van der Waals surface area contributed by atoms with Crippen molar-refractivity contribution in [2.24, 2.45) is 5.92 Å². The van der Waals surface area contributed by atoms with Crippen LogP contribution in [-0.4, -0.2) is 39.1 Å². The van der Waals surface area contributed by atoms with Gasteiger partial charge in [0.2, 0.25) is 0 Å². The molecule has 0 bridgehead atoms. The van der Waals surface area contributed by atoms with E-state index in [2.05, 4.69) is 24.7 Å². The highest BCUT2D eigenvalue weighted by Crippen LogP contribution is 2.22. The molecule has 2 atom stereocenters. The molecule has 1 heterocycles. The zero-order valence-electron chi connectivity index (χ0n) is 14.8. The molecule has 1 fully saturated rings. The van der Waals surface area contributed by atoms with E-state index < -0.39 is 0 Å². The predicted molar refractivity (Wildman–Crippen MR) is 90.1 cm³/mol. The summed E-state index contributed by atoms with van der Waals surface area (Å²) in [6.07, 6.45) is 8.24. The summed E-state index contributed by atoms with van der Waals surface area (Å²) in [7, 11) is 4.24. The molecule has 1 amide bonds. The van der Waals surface area contributed by atoms with Crippen LogP contribution in [-0.2, 0) is 4.79 Å². The Morgan fingerprint density at radius 1 is 1.39 bits per heavy atom. The average molecular weight is 323 g/mol. The maximum absolute atomic E-state index is 12.3. The van der Waals surface area contributed by atoms with Gasteiger partial charge in [0.15, 0.2) is 17.8 Å². The first-order valence-electron chi connectivity index (χ1n) is 9.02. The van der Waals surface area contributed by atoms with Gasteiger partial charge in [0, 0.05) is 6.54 Å². The Kier molecular flexibility index (Phi) is 7.12. The summed E-state index contributed by atoms with van der Waals surface area (Å²) >= 11 is 0. The first-order chi connectivity index (χ1) is 11.1. The van der Waals surface area contributed by atoms with Gasteiger partial charge in [-0.3, -0.25) is 4.79 Å². The minimum Gasteiger partial charge on any atom is -0.463 e. The molecule has 1 aliphatic carbocycles. The van der Waals surface area contributed by atoms with Crippen LogP contribution in [0.4, 0.5) is 0 Å². The van der Waals surface area contributed by atoms with E-state index in [0.717, 1.165) is 18.8 Å². The second-order valence-electron chi connectivity index (χ2n) is 7.15.